The Balaban J connectivity index is 1.60. The molecule has 3 aromatic heterocycles. The van der Waals surface area contributed by atoms with E-state index in [0.29, 0.717) is 27.9 Å². The molecule has 0 atom stereocenters. The van der Waals surface area contributed by atoms with Crippen molar-refractivity contribution >= 4 is 21.8 Å². The SMILES string of the molecule is Cc1noc(NS(=O)(=O)c2ccccc2-c2ccc(-c3ncco3)cc2CN(C)C(=O)c2c(C(F)(F)F)ccnc2C)c1C. The van der Waals surface area contributed by atoms with Crippen molar-refractivity contribution in [1.29, 1.82) is 0 Å². The maximum absolute atomic E-state index is 13.8. The highest BCUT2D eigenvalue weighted by atomic mass is 32.2. The third kappa shape index (κ3) is 5.93. The number of pyridine rings is 1. The second kappa shape index (κ2) is 11.6. The Bertz CT molecular complexity index is 1950. The van der Waals surface area contributed by atoms with Gasteiger partial charge in [0.05, 0.1) is 33.6 Å². The Morgan fingerprint density at radius 2 is 1.73 bits per heavy atom. The molecule has 0 saturated carbocycles. The number of rotatable bonds is 8. The molecule has 14 heteroatoms. The molecule has 0 fully saturated rings. The van der Waals surface area contributed by atoms with Gasteiger partial charge in [-0.25, -0.2) is 18.1 Å². The number of aryl methyl sites for hydroxylation is 2. The normalized spacial score (nSPS) is 11.9. The number of aromatic nitrogens is 3. The van der Waals surface area contributed by atoms with E-state index in [1.54, 1.807) is 50.2 Å². The number of halogens is 3. The van der Waals surface area contributed by atoms with Crippen LogP contribution in [-0.2, 0) is 22.7 Å². The van der Waals surface area contributed by atoms with Gasteiger partial charge in [0, 0.05) is 36.5 Å². The van der Waals surface area contributed by atoms with Gasteiger partial charge in [0.25, 0.3) is 15.9 Å². The summed E-state index contributed by atoms with van der Waals surface area (Å²) >= 11 is 0. The average Bonchev–Trinajstić information content (AvgIpc) is 3.63. The molecule has 1 amide bonds. The first-order valence-electron chi connectivity index (χ1n) is 13.1. The lowest BCUT2D eigenvalue weighted by Gasteiger charge is -2.23. The van der Waals surface area contributed by atoms with Gasteiger partial charge in [0.15, 0.2) is 0 Å². The number of nitrogens with zero attached hydrogens (tertiary/aromatic N) is 4. The topological polar surface area (TPSA) is 131 Å². The lowest BCUT2D eigenvalue weighted by molar-refractivity contribution is -0.138. The fourth-order valence-corrected chi connectivity index (χ4v) is 5.96. The molecule has 0 aliphatic rings. The molecular weight excluding hydrogens is 599 g/mol. The number of carbonyl (C=O) groups is 1. The van der Waals surface area contributed by atoms with Gasteiger partial charge in [0.2, 0.25) is 11.8 Å². The summed E-state index contributed by atoms with van der Waals surface area (Å²) < 4.78 is 81.7. The highest BCUT2D eigenvalue weighted by Gasteiger charge is 2.37. The first kappa shape index (κ1) is 30.5. The third-order valence-corrected chi connectivity index (χ3v) is 8.44. The fourth-order valence-electron chi connectivity index (χ4n) is 4.69. The van der Waals surface area contributed by atoms with Gasteiger partial charge in [-0.15, -0.1) is 0 Å². The van der Waals surface area contributed by atoms with Crippen LogP contribution in [0.25, 0.3) is 22.6 Å². The summed E-state index contributed by atoms with van der Waals surface area (Å²) in [6.45, 7) is 4.47. The number of oxazole rings is 1. The number of carbonyl (C=O) groups excluding carboxylic acids is 1. The Hall–Kier alpha value is -4.98. The standard InChI is InChI=1S/C30H26F3N5O5S/c1-17-18(2)36-43-27(17)37-44(40,41)25-8-6-5-7-23(25)22-10-9-20(28-35-13-14-42-28)15-21(22)16-38(4)29(39)26-19(3)34-12-11-24(26)30(31,32)33/h5-15,37H,16H2,1-4H3. The zero-order valence-electron chi connectivity index (χ0n) is 23.9. The molecule has 44 heavy (non-hydrogen) atoms. The predicted molar refractivity (Wildman–Crippen MR) is 154 cm³/mol. The van der Waals surface area contributed by atoms with Crippen molar-refractivity contribution in [1.82, 2.24) is 20.0 Å². The van der Waals surface area contributed by atoms with E-state index >= 15 is 0 Å². The van der Waals surface area contributed by atoms with Gasteiger partial charge in [-0.2, -0.15) is 13.2 Å². The first-order valence-corrected chi connectivity index (χ1v) is 14.6. The van der Waals surface area contributed by atoms with Gasteiger partial charge in [-0.1, -0.05) is 29.4 Å². The molecule has 10 nitrogen and oxygen atoms in total. The number of nitrogens with one attached hydrogen (secondary N) is 1. The Morgan fingerprint density at radius 3 is 2.39 bits per heavy atom. The zero-order chi connectivity index (χ0) is 31.8. The minimum absolute atomic E-state index is 0.0330. The minimum Gasteiger partial charge on any atom is -0.445 e. The van der Waals surface area contributed by atoms with Crippen LogP contribution in [-0.4, -0.2) is 41.4 Å². The van der Waals surface area contributed by atoms with E-state index in [0.717, 1.165) is 17.2 Å². The van der Waals surface area contributed by atoms with Crippen LogP contribution < -0.4 is 4.72 Å². The second-order valence-electron chi connectivity index (χ2n) is 10.0. The highest BCUT2D eigenvalue weighted by Crippen LogP contribution is 2.36. The van der Waals surface area contributed by atoms with Crippen molar-refractivity contribution in [3.8, 4) is 22.6 Å². The van der Waals surface area contributed by atoms with Crippen LogP contribution in [0.3, 0.4) is 0 Å². The summed E-state index contributed by atoms with van der Waals surface area (Å²) in [5, 5.41) is 3.80. The lowest BCUT2D eigenvalue weighted by atomic mass is 9.96. The van der Waals surface area contributed by atoms with Gasteiger partial charge >= 0.3 is 6.18 Å². The number of sulfonamides is 1. The molecule has 0 aliphatic heterocycles. The number of hydrogen-bond donors (Lipinski definition) is 1. The van der Waals surface area contributed by atoms with Crippen LogP contribution in [0, 0.1) is 20.8 Å². The molecule has 0 unspecified atom stereocenters. The van der Waals surface area contributed by atoms with Crippen molar-refractivity contribution in [2.75, 3.05) is 11.8 Å². The molecule has 0 radical (unpaired) electrons. The predicted octanol–water partition coefficient (Wildman–Crippen LogP) is 6.41. The molecule has 2 aromatic carbocycles. The molecule has 5 rings (SSSR count). The van der Waals surface area contributed by atoms with E-state index in [-0.39, 0.29) is 34.5 Å². The van der Waals surface area contributed by atoms with E-state index in [1.165, 1.54) is 32.5 Å². The molecule has 0 saturated heterocycles. The van der Waals surface area contributed by atoms with Crippen molar-refractivity contribution < 1.29 is 35.3 Å². The highest BCUT2D eigenvalue weighted by molar-refractivity contribution is 7.92. The maximum Gasteiger partial charge on any atom is 0.417 e. The summed E-state index contributed by atoms with van der Waals surface area (Å²) in [5.74, 6) is -0.684. The third-order valence-electron chi connectivity index (χ3n) is 7.05. The second-order valence-corrected chi connectivity index (χ2v) is 11.7. The van der Waals surface area contributed by atoms with Crippen LogP contribution in [0.4, 0.5) is 19.1 Å². The molecule has 5 aromatic rings. The van der Waals surface area contributed by atoms with Crippen LogP contribution >= 0.6 is 0 Å². The van der Waals surface area contributed by atoms with E-state index < -0.39 is 33.2 Å². The summed E-state index contributed by atoms with van der Waals surface area (Å²) in [5.41, 5.74) is 0.898. The average molecular weight is 626 g/mol. The van der Waals surface area contributed by atoms with Crippen LogP contribution in [0.1, 0.15) is 38.4 Å². The van der Waals surface area contributed by atoms with Crippen molar-refractivity contribution in [3.05, 3.63) is 101 Å². The number of alkyl halides is 3. The quantitative estimate of drug-likeness (QED) is 0.209. The van der Waals surface area contributed by atoms with Gasteiger partial charge < -0.3 is 13.8 Å². The van der Waals surface area contributed by atoms with Crippen LogP contribution in [0.5, 0.6) is 0 Å². The summed E-state index contributed by atoms with van der Waals surface area (Å²) in [6, 6.07) is 11.9. The minimum atomic E-state index is -4.78. The molecule has 3 heterocycles. The first-order chi connectivity index (χ1) is 20.8. The van der Waals surface area contributed by atoms with E-state index in [9.17, 15) is 26.4 Å². The van der Waals surface area contributed by atoms with Gasteiger partial charge in [0.1, 0.15) is 6.26 Å². The van der Waals surface area contributed by atoms with E-state index in [4.69, 9.17) is 8.94 Å². The largest absolute Gasteiger partial charge is 0.445 e. The maximum atomic E-state index is 13.8. The number of anilines is 1. The van der Waals surface area contributed by atoms with Crippen LogP contribution in [0.15, 0.2) is 81.0 Å². The summed E-state index contributed by atoms with van der Waals surface area (Å²) in [4.78, 5) is 22.6. The Labute approximate surface area is 250 Å². The monoisotopic (exact) mass is 625 g/mol. The van der Waals surface area contributed by atoms with Crippen molar-refractivity contribution in [3.63, 3.8) is 0 Å². The number of hydrogen-bond acceptors (Lipinski definition) is 8. The zero-order valence-corrected chi connectivity index (χ0v) is 24.7. The smallest absolute Gasteiger partial charge is 0.417 e. The van der Waals surface area contributed by atoms with Crippen LogP contribution in [0.2, 0.25) is 0 Å². The summed E-state index contributed by atoms with van der Waals surface area (Å²) in [7, 11) is -2.86. The molecule has 228 valence electrons. The fraction of sp³-hybridized carbons (Fsp3) is 0.200. The Kier molecular flexibility index (Phi) is 8.04. The Morgan fingerprint density at radius 1 is 0.977 bits per heavy atom. The van der Waals surface area contributed by atoms with E-state index in [1.807, 2.05) is 0 Å². The lowest BCUT2D eigenvalue weighted by Crippen LogP contribution is -2.30. The molecule has 0 bridgehead atoms. The van der Waals surface area contributed by atoms with Crippen molar-refractivity contribution in [2.45, 2.75) is 38.4 Å². The van der Waals surface area contributed by atoms with Crippen molar-refractivity contribution in [2.24, 2.45) is 0 Å². The number of amides is 1. The van der Waals surface area contributed by atoms with Gasteiger partial charge in [-0.05, 0) is 56.2 Å². The number of benzene rings is 2. The molecular formula is C30H26F3N5O5S. The molecule has 0 aliphatic carbocycles. The summed E-state index contributed by atoms with van der Waals surface area (Å²) in [6.07, 6.45) is -0.956. The molecule has 1 N–H and O–H groups in total. The van der Waals surface area contributed by atoms with Gasteiger partial charge in [-0.3, -0.25) is 9.78 Å². The molecule has 0 spiro atoms. The van der Waals surface area contributed by atoms with E-state index in [2.05, 4.69) is 19.8 Å².